The van der Waals surface area contributed by atoms with Gasteiger partial charge in [-0.25, -0.2) is 0 Å². The first-order chi connectivity index (χ1) is 7.65. The van der Waals surface area contributed by atoms with Gasteiger partial charge in [0.2, 0.25) is 0 Å². The molecule has 0 amide bonds. The molecule has 2 heteroatoms. The van der Waals surface area contributed by atoms with Crippen LogP contribution in [-0.4, -0.2) is 12.1 Å². The molecule has 0 spiro atoms. The SMILES string of the molecule is CCC(N)Cc1ccc(OC(C)CC)cc1. The summed E-state index contributed by atoms with van der Waals surface area (Å²) in [5.74, 6) is 0.947. The highest BCUT2D eigenvalue weighted by molar-refractivity contribution is 5.27. The highest BCUT2D eigenvalue weighted by Crippen LogP contribution is 2.15. The van der Waals surface area contributed by atoms with Crippen LogP contribution >= 0.6 is 0 Å². The van der Waals surface area contributed by atoms with E-state index in [0.29, 0.717) is 0 Å². The Bertz CT molecular complexity index is 263. The summed E-state index contributed by atoms with van der Waals surface area (Å²) in [4.78, 5) is 0. The summed E-state index contributed by atoms with van der Waals surface area (Å²) in [5.41, 5.74) is 7.20. The summed E-state index contributed by atoms with van der Waals surface area (Å²) >= 11 is 0. The molecule has 0 heterocycles. The van der Waals surface area contributed by atoms with Crippen molar-refractivity contribution in [2.45, 2.75) is 52.2 Å². The van der Waals surface area contributed by atoms with Gasteiger partial charge in [0.25, 0.3) is 0 Å². The van der Waals surface area contributed by atoms with Gasteiger partial charge in [0.1, 0.15) is 5.75 Å². The van der Waals surface area contributed by atoms with Gasteiger partial charge in [-0.3, -0.25) is 0 Å². The lowest BCUT2D eigenvalue weighted by molar-refractivity contribution is 0.217. The molecule has 0 aliphatic carbocycles. The normalized spacial score (nSPS) is 14.5. The van der Waals surface area contributed by atoms with Crippen LogP contribution in [0.25, 0.3) is 0 Å². The van der Waals surface area contributed by atoms with E-state index < -0.39 is 0 Å². The van der Waals surface area contributed by atoms with Gasteiger partial charge >= 0.3 is 0 Å². The molecule has 1 rings (SSSR count). The molecule has 2 atom stereocenters. The summed E-state index contributed by atoms with van der Waals surface area (Å²) in [5, 5.41) is 0. The molecule has 90 valence electrons. The first-order valence-electron chi connectivity index (χ1n) is 6.16. The van der Waals surface area contributed by atoms with Gasteiger partial charge in [0.15, 0.2) is 0 Å². The second-order valence-electron chi connectivity index (χ2n) is 4.35. The van der Waals surface area contributed by atoms with Crippen molar-refractivity contribution in [2.75, 3.05) is 0 Å². The third-order valence-corrected chi connectivity index (χ3v) is 2.86. The molecule has 2 N–H and O–H groups in total. The molecule has 0 radical (unpaired) electrons. The average Bonchev–Trinajstić information content (AvgIpc) is 2.31. The van der Waals surface area contributed by atoms with Gasteiger partial charge in [-0.05, 0) is 43.9 Å². The van der Waals surface area contributed by atoms with Crippen LogP contribution in [0.3, 0.4) is 0 Å². The van der Waals surface area contributed by atoms with Gasteiger partial charge in [-0.15, -0.1) is 0 Å². The molecule has 2 nitrogen and oxygen atoms in total. The fourth-order valence-electron chi connectivity index (χ4n) is 1.47. The summed E-state index contributed by atoms with van der Waals surface area (Å²) in [7, 11) is 0. The Morgan fingerprint density at radius 1 is 1.12 bits per heavy atom. The summed E-state index contributed by atoms with van der Waals surface area (Å²) in [6.07, 6.45) is 3.27. The van der Waals surface area contributed by atoms with E-state index in [1.807, 2.05) is 12.1 Å². The zero-order chi connectivity index (χ0) is 12.0. The molecular weight excluding hydrogens is 198 g/mol. The quantitative estimate of drug-likeness (QED) is 0.801. The third kappa shape index (κ3) is 4.23. The minimum atomic E-state index is 0.265. The van der Waals surface area contributed by atoms with Gasteiger partial charge in [0, 0.05) is 6.04 Å². The standard InChI is InChI=1S/C14H23NO/c1-4-11(3)16-14-8-6-12(7-9-14)10-13(15)5-2/h6-9,11,13H,4-5,10,15H2,1-3H3. The van der Waals surface area contributed by atoms with Crippen LogP contribution in [-0.2, 0) is 6.42 Å². The van der Waals surface area contributed by atoms with E-state index >= 15 is 0 Å². The van der Waals surface area contributed by atoms with Crippen molar-refractivity contribution in [3.8, 4) is 5.75 Å². The Hall–Kier alpha value is -1.02. The minimum absolute atomic E-state index is 0.265. The third-order valence-electron chi connectivity index (χ3n) is 2.86. The second-order valence-corrected chi connectivity index (χ2v) is 4.35. The average molecular weight is 221 g/mol. The van der Waals surface area contributed by atoms with Crippen LogP contribution in [0.15, 0.2) is 24.3 Å². The maximum atomic E-state index is 5.91. The fraction of sp³-hybridized carbons (Fsp3) is 0.571. The molecule has 1 aromatic carbocycles. The number of hydrogen-bond acceptors (Lipinski definition) is 2. The number of nitrogens with two attached hydrogens (primary N) is 1. The van der Waals surface area contributed by atoms with E-state index in [0.717, 1.165) is 25.0 Å². The van der Waals surface area contributed by atoms with Crippen molar-refractivity contribution in [2.24, 2.45) is 5.73 Å². The first-order valence-corrected chi connectivity index (χ1v) is 6.16. The minimum Gasteiger partial charge on any atom is -0.491 e. The zero-order valence-corrected chi connectivity index (χ0v) is 10.6. The molecule has 0 aliphatic heterocycles. The van der Waals surface area contributed by atoms with E-state index in [-0.39, 0.29) is 12.1 Å². The molecule has 0 aromatic heterocycles. The van der Waals surface area contributed by atoms with Crippen molar-refractivity contribution >= 4 is 0 Å². The molecule has 16 heavy (non-hydrogen) atoms. The predicted octanol–water partition coefficient (Wildman–Crippen LogP) is 3.14. The van der Waals surface area contributed by atoms with Crippen LogP contribution in [0, 0.1) is 0 Å². The topological polar surface area (TPSA) is 35.2 Å². The lowest BCUT2D eigenvalue weighted by Crippen LogP contribution is -2.21. The highest BCUT2D eigenvalue weighted by Gasteiger charge is 2.03. The lowest BCUT2D eigenvalue weighted by Gasteiger charge is -2.13. The number of ether oxygens (including phenoxy) is 1. The molecule has 0 saturated heterocycles. The Morgan fingerprint density at radius 2 is 1.75 bits per heavy atom. The Labute approximate surface area is 98.8 Å². The smallest absolute Gasteiger partial charge is 0.119 e. The Morgan fingerprint density at radius 3 is 2.25 bits per heavy atom. The molecule has 0 bridgehead atoms. The summed E-state index contributed by atoms with van der Waals surface area (Å²) in [6.45, 7) is 6.32. The largest absolute Gasteiger partial charge is 0.491 e. The molecular formula is C14H23NO. The number of hydrogen-bond donors (Lipinski definition) is 1. The van der Waals surface area contributed by atoms with Crippen LogP contribution in [0.5, 0.6) is 5.75 Å². The zero-order valence-electron chi connectivity index (χ0n) is 10.6. The van der Waals surface area contributed by atoms with Crippen LogP contribution in [0.2, 0.25) is 0 Å². The van der Waals surface area contributed by atoms with Crippen LogP contribution < -0.4 is 10.5 Å². The van der Waals surface area contributed by atoms with Crippen molar-refractivity contribution in [1.29, 1.82) is 0 Å². The van der Waals surface area contributed by atoms with Crippen LogP contribution in [0.1, 0.15) is 39.2 Å². The molecule has 0 saturated carbocycles. The van der Waals surface area contributed by atoms with Crippen molar-refractivity contribution in [3.63, 3.8) is 0 Å². The fourth-order valence-corrected chi connectivity index (χ4v) is 1.47. The highest BCUT2D eigenvalue weighted by atomic mass is 16.5. The van der Waals surface area contributed by atoms with Crippen molar-refractivity contribution in [1.82, 2.24) is 0 Å². The summed E-state index contributed by atoms with van der Waals surface area (Å²) in [6, 6.07) is 8.54. The van der Waals surface area contributed by atoms with Gasteiger partial charge in [-0.2, -0.15) is 0 Å². The number of rotatable bonds is 6. The maximum Gasteiger partial charge on any atom is 0.119 e. The van der Waals surface area contributed by atoms with Crippen LogP contribution in [0.4, 0.5) is 0 Å². The maximum absolute atomic E-state index is 5.91. The molecule has 0 aliphatic rings. The van der Waals surface area contributed by atoms with E-state index in [4.69, 9.17) is 10.5 Å². The second kappa shape index (κ2) is 6.54. The van der Waals surface area contributed by atoms with Gasteiger partial charge in [-0.1, -0.05) is 26.0 Å². The van der Waals surface area contributed by atoms with Gasteiger partial charge in [0.05, 0.1) is 6.10 Å². The van der Waals surface area contributed by atoms with Crippen molar-refractivity contribution < 1.29 is 4.74 Å². The lowest BCUT2D eigenvalue weighted by atomic mass is 10.0. The van der Waals surface area contributed by atoms with E-state index in [1.165, 1.54) is 5.56 Å². The Balaban J connectivity index is 2.54. The molecule has 1 aromatic rings. The van der Waals surface area contributed by atoms with E-state index in [1.54, 1.807) is 0 Å². The monoisotopic (exact) mass is 221 g/mol. The Kier molecular flexibility index (Phi) is 5.33. The van der Waals surface area contributed by atoms with Crippen molar-refractivity contribution in [3.05, 3.63) is 29.8 Å². The molecule has 0 fully saturated rings. The predicted molar refractivity (Wildman–Crippen MR) is 68.8 cm³/mol. The first kappa shape index (κ1) is 13.0. The number of benzene rings is 1. The van der Waals surface area contributed by atoms with Gasteiger partial charge < -0.3 is 10.5 Å². The van der Waals surface area contributed by atoms with E-state index in [2.05, 4.69) is 32.9 Å². The van der Waals surface area contributed by atoms with E-state index in [9.17, 15) is 0 Å². The molecule has 2 unspecified atom stereocenters. The summed E-state index contributed by atoms with van der Waals surface area (Å²) < 4.78 is 5.72.